The zero-order chi connectivity index (χ0) is 23.3. The average molecular weight is 456 g/mol. The van der Waals surface area contributed by atoms with Crippen molar-refractivity contribution in [2.45, 2.75) is 12.8 Å². The van der Waals surface area contributed by atoms with Gasteiger partial charge >= 0.3 is 12.3 Å². The predicted octanol–water partition coefficient (Wildman–Crippen LogP) is 3.44. The van der Waals surface area contributed by atoms with Crippen molar-refractivity contribution in [3.05, 3.63) is 36.0 Å². The Labute approximate surface area is 179 Å². The van der Waals surface area contributed by atoms with Gasteiger partial charge in [-0.15, -0.1) is 5.10 Å². The van der Waals surface area contributed by atoms with Gasteiger partial charge in [0.05, 0.1) is 27.5 Å². The van der Waals surface area contributed by atoms with Crippen LogP contribution < -0.4 is 24.3 Å². The summed E-state index contributed by atoms with van der Waals surface area (Å²) in [4.78, 5) is 15.5. The lowest BCUT2D eigenvalue weighted by molar-refractivity contribution is -0.159. The lowest BCUT2D eigenvalue weighted by Gasteiger charge is -2.14. The summed E-state index contributed by atoms with van der Waals surface area (Å²) in [5, 5.41) is 6.30. The van der Waals surface area contributed by atoms with Crippen LogP contribution in [0.2, 0.25) is 0 Å². The predicted molar refractivity (Wildman–Crippen MR) is 104 cm³/mol. The first kappa shape index (κ1) is 22.8. The summed E-state index contributed by atoms with van der Waals surface area (Å²) in [5.74, 6) is 1.58. The molecule has 0 aliphatic carbocycles. The van der Waals surface area contributed by atoms with Gasteiger partial charge in [-0.25, -0.2) is 14.3 Å². The molecule has 3 rings (SSSR count). The minimum atomic E-state index is -4.62. The summed E-state index contributed by atoms with van der Waals surface area (Å²) < 4.78 is 63.3. The first-order chi connectivity index (χ1) is 15.2. The molecule has 0 unspecified atom stereocenters. The van der Waals surface area contributed by atoms with E-state index in [1.165, 1.54) is 32.0 Å². The smallest absolute Gasteiger partial charge is 0.422 e. The highest BCUT2D eigenvalue weighted by molar-refractivity contribution is 5.83. The van der Waals surface area contributed by atoms with Crippen LogP contribution in [0.25, 0.3) is 5.65 Å². The van der Waals surface area contributed by atoms with Gasteiger partial charge in [0.25, 0.3) is 0 Å². The molecule has 0 atom stereocenters. The van der Waals surface area contributed by atoms with Crippen molar-refractivity contribution in [1.82, 2.24) is 14.6 Å². The molecule has 0 fully saturated rings. The molecule has 1 N–H and O–H groups in total. The molecule has 13 heteroatoms. The van der Waals surface area contributed by atoms with Crippen LogP contribution in [0.3, 0.4) is 0 Å². The van der Waals surface area contributed by atoms with Crippen LogP contribution in [0.1, 0.15) is 5.56 Å². The number of hydrogen-bond donors (Lipinski definition) is 1. The number of carbonyl (C=O) groups excluding carboxylic acids is 1. The summed E-state index contributed by atoms with van der Waals surface area (Å²) in [5.41, 5.74) is 1.05. The van der Waals surface area contributed by atoms with Crippen LogP contribution in [0.5, 0.6) is 23.1 Å². The number of carbonyl (C=O) groups is 1. The standard InChI is InChI=1S/C19H19F3N4O6/c1-28-12-6-11(7-13(29-2)17(12)30-3)9-31-16-5-4-15-23-14(8-26(15)25-16)24-18(27)32-10-19(20,21)22/h4-8H,9-10H2,1-3H3,(H,24,27). The number of halogens is 3. The van der Waals surface area contributed by atoms with Gasteiger partial charge in [0.15, 0.2) is 29.6 Å². The van der Waals surface area contributed by atoms with Gasteiger partial charge in [0.2, 0.25) is 11.6 Å². The molecule has 0 bridgehead atoms. The van der Waals surface area contributed by atoms with E-state index in [4.69, 9.17) is 18.9 Å². The third kappa shape index (κ3) is 5.62. The third-order valence-corrected chi connectivity index (χ3v) is 4.00. The molecule has 0 saturated heterocycles. The van der Waals surface area contributed by atoms with Crippen LogP contribution in [0, 0.1) is 0 Å². The van der Waals surface area contributed by atoms with Crippen molar-refractivity contribution < 1.29 is 41.7 Å². The monoisotopic (exact) mass is 456 g/mol. The number of hydrogen-bond acceptors (Lipinski definition) is 8. The van der Waals surface area contributed by atoms with E-state index in [0.29, 0.717) is 22.9 Å². The number of alkyl halides is 3. The minimum Gasteiger partial charge on any atom is -0.493 e. The molecule has 1 amide bonds. The van der Waals surface area contributed by atoms with E-state index in [-0.39, 0.29) is 18.3 Å². The molecule has 0 saturated carbocycles. The summed E-state index contributed by atoms with van der Waals surface area (Å²) in [6.07, 6.45) is -4.61. The number of nitrogens with zero attached hydrogens (tertiary/aromatic N) is 3. The SMILES string of the molecule is COc1cc(COc2ccc3nc(NC(=O)OCC(F)(F)F)cn3n2)cc(OC)c1OC. The first-order valence-electron chi connectivity index (χ1n) is 9.01. The number of imidazole rings is 1. The molecule has 2 heterocycles. The Balaban J connectivity index is 1.68. The van der Waals surface area contributed by atoms with Crippen molar-refractivity contribution in [2.75, 3.05) is 33.3 Å². The number of benzene rings is 1. The largest absolute Gasteiger partial charge is 0.493 e. The van der Waals surface area contributed by atoms with E-state index in [1.807, 2.05) is 0 Å². The van der Waals surface area contributed by atoms with Gasteiger partial charge in [-0.2, -0.15) is 13.2 Å². The molecule has 0 radical (unpaired) electrons. The fourth-order valence-corrected chi connectivity index (χ4v) is 2.67. The van der Waals surface area contributed by atoms with Crippen molar-refractivity contribution in [2.24, 2.45) is 0 Å². The fourth-order valence-electron chi connectivity index (χ4n) is 2.67. The second kappa shape index (κ2) is 9.49. The van der Waals surface area contributed by atoms with E-state index in [2.05, 4.69) is 20.1 Å². The average Bonchev–Trinajstić information content (AvgIpc) is 3.16. The van der Waals surface area contributed by atoms with E-state index in [1.54, 1.807) is 24.3 Å². The van der Waals surface area contributed by atoms with Gasteiger partial charge in [0, 0.05) is 6.07 Å². The van der Waals surface area contributed by atoms with Gasteiger partial charge in [-0.05, 0) is 23.8 Å². The van der Waals surface area contributed by atoms with Gasteiger partial charge in [-0.1, -0.05) is 0 Å². The van der Waals surface area contributed by atoms with Crippen molar-refractivity contribution in [3.63, 3.8) is 0 Å². The highest BCUT2D eigenvalue weighted by Gasteiger charge is 2.29. The second-order valence-corrected chi connectivity index (χ2v) is 6.24. The van der Waals surface area contributed by atoms with Crippen LogP contribution in [-0.2, 0) is 11.3 Å². The molecule has 0 spiro atoms. The molecule has 172 valence electrons. The number of ether oxygens (including phenoxy) is 5. The number of rotatable bonds is 8. The van der Waals surface area contributed by atoms with E-state index < -0.39 is 18.9 Å². The van der Waals surface area contributed by atoms with Crippen LogP contribution >= 0.6 is 0 Å². The van der Waals surface area contributed by atoms with Crippen LogP contribution in [0.4, 0.5) is 23.8 Å². The fraction of sp³-hybridized carbons (Fsp3) is 0.316. The number of fused-ring (bicyclic) bond motifs is 1. The molecular weight excluding hydrogens is 437 g/mol. The normalized spacial score (nSPS) is 11.2. The number of anilines is 1. The summed E-state index contributed by atoms with van der Waals surface area (Å²) >= 11 is 0. The lowest BCUT2D eigenvalue weighted by atomic mass is 10.2. The molecule has 0 aliphatic heterocycles. The van der Waals surface area contributed by atoms with Crippen LogP contribution in [0.15, 0.2) is 30.5 Å². The molecule has 0 aliphatic rings. The number of methoxy groups -OCH3 is 3. The quantitative estimate of drug-likeness (QED) is 0.550. The summed E-state index contributed by atoms with van der Waals surface area (Å²) in [6.45, 7) is -1.58. The van der Waals surface area contributed by atoms with Gasteiger partial charge < -0.3 is 23.7 Å². The second-order valence-electron chi connectivity index (χ2n) is 6.24. The van der Waals surface area contributed by atoms with E-state index in [0.717, 1.165) is 5.56 Å². The molecule has 3 aromatic rings. The van der Waals surface area contributed by atoms with Crippen molar-refractivity contribution in [3.8, 4) is 23.1 Å². The zero-order valence-corrected chi connectivity index (χ0v) is 17.2. The molecule has 32 heavy (non-hydrogen) atoms. The van der Waals surface area contributed by atoms with Crippen molar-refractivity contribution >= 4 is 17.6 Å². The highest BCUT2D eigenvalue weighted by atomic mass is 19.4. The summed E-state index contributed by atoms with van der Waals surface area (Å²) in [6, 6.07) is 6.56. The highest BCUT2D eigenvalue weighted by Crippen LogP contribution is 2.38. The number of amides is 1. The Morgan fingerprint density at radius 1 is 1.09 bits per heavy atom. The maximum absolute atomic E-state index is 12.1. The Morgan fingerprint density at radius 2 is 1.78 bits per heavy atom. The lowest BCUT2D eigenvalue weighted by Crippen LogP contribution is -2.23. The van der Waals surface area contributed by atoms with E-state index in [9.17, 15) is 18.0 Å². The molecule has 1 aromatic carbocycles. The van der Waals surface area contributed by atoms with E-state index >= 15 is 0 Å². The number of nitrogens with one attached hydrogen (secondary N) is 1. The Kier molecular flexibility index (Phi) is 6.76. The Bertz CT molecular complexity index is 1080. The maximum Gasteiger partial charge on any atom is 0.422 e. The van der Waals surface area contributed by atoms with Crippen LogP contribution in [-0.4, -0.2) is 54.8 Å². The Hall–Kier alpha value is -3.90. The third-order valence-electron chi connectivity index (χ3n) is 4.00. The Morgan fingerprint density at radius 3 is 2.38 bits per heavy atom. The maximum atomic E-state index is 12.1. The molecular formula is C19H19F3N4O6. The van der Waals surface area contributed by atoms with Gasteiger partial charge in [0.1, 0.15) is 6.61 Å². The summed E-state index contributed by atoms with van der Waals surface area (Å²) in [7, 11) is 4.50. The minimum absolute atomic E-state index is 0.0357. The number of aromatic nitrogens is 3. The van der Waals surface area contributed by atoms with Crippen molar-refractivity contribution in [1.29, 1.82) is 0 Å². The molecule has 10 nitrogen and oxygen atoms in total. The zero-order valence-electron chi connectivity index (χ0n) is 17.2. The first-order valence-corrected chi connectivity index (χ1v) is 9.01. The van der Waals surface area contributed by atoms with Gasteiger partial charge in [-0.3, -0.25) is 5.32 Å². The molecule has 2 aromatic heterocycles. The topological polar surface area (TPSA) is 105 Å².